The molecule has 0 radical (unpaired) electrons. The van der Waals surface area contributed by atoms with E-state index in [9.17, 15) is 0 Å². The minimum absolute atomic E-state index is 0.437. The van der Waals surface area contributed by atoms with E-state index in [1.807, 2.05) is 19.1 Å². The molecule has 0 aliphatic carbocycles. The third-order valence-corrected chi connectivity index (χ3v) is 3.89. The van der Waals surface area contributed by atoms with Crippen molar-refractivity contribution in [3.63, 3.8) is 0 Å². The monoisotopic (exact) mass is 318 g/mol. The standard InChI is InChI=1S/C12H9Cl3N2S/c1-7-2-3-9(18-7)6-16-17-12-10(14)4-8(13)5-11(12)15/h2-6,17H,1H3/b16-6+. The lowest BCUT2D eigenvalue weighted by molar-refractivity contribution is 1.35. The molecular formula is C12H9Cl3N2S. The topological polar surface area (TPSA) is 24.4 Å². The number of nitrogens with one attached hydrogen (secondary N) is 1. The summed E-state index contributed by atoms with van der Waals surface area (Å²) >= 11 is 19.5. The van der Waals surface area contributed by atoms with Gasteiger partial charge < -0.3 is 0 Å². The molecule has 2 aromatic rings. The van der Waals surface area contributed by atoms with Gasteiger partial charge in [-0.3, -0.25) is 5.43 Å². The molecule has 0 aliphatic heterocycles. The lowest BCUT2D eigenvalue weighted by Gasteiger charge is -2.06. The van der Waals surface area contributed by atoms with Gasteiger partial charge in [-0.25, -0.2) is 0 Å². The van der Waals surface area contributed by atoms with Gasteiger partial charge in [-0.2, -0.15) is 5.10 Å². The van der Waals surface area contributed by atoms with Crippen molar-refractivity contribution in [1.82, 2.24) is 0 Å². The van der Waals surface area contributed by atoms with Gasteiger partial charge in [0.1, 0.15) is 0 Å². The zero-order valence-corrected chi connectivity index (χ0v) is 12.5. The van der Waals surface area contributed by atoms with Crippen LogP contribution in [0.4, 0.5) is 5.69 Å². The Morgan fingerprint density at radius 1 is 1.17 bits per heavy atom. The summed E-state index contributed by atoms with van der Waals surface area (Å²) in [7, 11) is 0. The van der Waals surface area contributed by atoms with Crippen LogP contribution in [-0.4, -0.2) is 6.21 Å². The fourth-order valence-electron chi connectivity index (χ4n) is 1.33. The van der Waals surface area contributed by atoms with Gasteiger partial charge in [0.25, 0.3) is 0 Å². The minimum Gasteiger partial charge on any atom is -0.275 e. The molecule has 1 N–H and O–H groups in total. The summed E-state index contributed by atoms with van der Waals surface area (Å²) in [6.07, 6.45) is 1.72. The van der Waals surface area contributed by atoms with Crippen molar-refractivity contribution in [3.05, 3.63) is 49.1 Å². The first-order valence-corrected chi connectivity index (χ1v) is 7.01. The fraction of sp³-hybridized carbons (Fsp3) is 0.0833. The number of rotatable bonds is 3. The summed E-state index contributed by atoms with van der Waals surface area (Å²) in [5.41, 5.74) is 3.37. The van der Waals surface area contributed by atoms with Crippen molar-refractivity contribution in [3.8, 4) is 0 Å². The van der Waals surface area contributed by atoms with Crippen LogP contribution in [0.1, 0.15) is 9.75 Å². The van der Waals surface area contributed by atoms with Crippen LogP contribution in [-0.2, 0) is 0 Å². The molecule has 0 atom stereocenters. The predicted molar refractivity (Wildman–Crippen MR) is 81.7 cm³/mol. The van der Waals surface area contributed by atoms with Crippen molar-refractivity contribution in [2.45, 2.75) is 6.92 Å². The number of hydrogen-bond donors (Lipinski definition) is 1. The van der Waals surface area contributed by atoms with Crippen molar-refractivity contribution >= 4 is 58.0 Å². The van der Waals surface area contributed by atoms with Gasteiger partial charge in [0, 0.05) is 14.8 Å². The van der Waals surface area contributed by atoms with Crippen LogP contribution < -0.4 is 5.43 Å². The number of anilines is 1. The Morgan fingerprint density at radius 3 is 2.39 bits per heavy atom. The van der Waals surface area contributed by atoms with E-state index in [1.165, 1.54) is 4.88 Å². The van der Waals surface area contributed by atoms with Gasteiger partial charge >= 0.3 is 0 Å². The van der Waals surface area contributed by atoms with Crippen molar-refractivity contribution in [2.75, 3.05) is 5.43 Å². The Kier molecular flexibility index (Phi) is 4.51. The molecule has 2 rings (SSSR count). The van der Waals surface area contributed by atoms with E-state index in [0.29, 0.717) is 20.8 Å². The maximum atomic E-state index is 6.02. The SMILES string of the molecule is Cc1ccc(/C=N/Nc2c(Cl)cc(Cl)cc2Cl)s1. The smallest absolute Gasteiger partial charge is 0.0935 e. The Hall–Kier alpha value is -0.740. The number of halogens is 3. The first-order valence-electron chi connectivity index (χ1n) is 5.06. The highest BCUT2D eigenvalue weighted by atomic mass is 35.5. The Balaban J connectivity index is 2.13. The highest BCUT2D eigenvalue weighted by molar-refractivity contribution is 7.13. The van der Waals surface area contributed by atoms with Crippen LogP contribution >= 0.6 is 46.1 Å². The van der Waals surface area contributed by atoms with E-state index in [1.54, 1.807) is 29.7 Å². The molecule has 0 fully saturated rings. The van der Waals surface area contributed by atoms with Gasteiger partial charge in [-0.15, -0.1) is 11.3 Å². The second-order valence-electron chi connectivity index (χ2n) is 3.56. The van der Waals surface area contributed by atoms with Crippen LogP contribution in [0.15, 0.2) is 29.4 Å². The lowest BCUT2D eigenvalue weighted by atomic mass is 10.3. The van der Waals surface area contributed by atoms with Gasteiger partial charge in [0.15, 0.2) is 0 Å². The van der Waals surface area contributed by atoms with Crippen LogP contribution in [0.5, 0.6) is 0 Å². The van der Waals surface area contributed by atoms with E-state index in [-0.39, 0.29) is 0 Å². The first kappa shape index (κ1) is 13.7. The summed E-state index contributed by atoms with van der Waals surface area (Å²) in [4.78, 5) is 2.29. The molecule has 0 bridgehead atoms. The van der Waals surface area contributed by atoms with Crippen LogP contribution in [0, 0.1) is 6.92 Å². The number of thiophene rings is 1. The first-order chi connectivity index (χ1) is 8.56. The van der Waals surface area contributed by atoms with Crippen molar-refractivity contribution < 1.29 is 0 Å². The molecule has 0 aliphatic rings. The molecular weight excluding hydrogens is 311 g/mol. The Morgan fingerprint density at radius 2 is 1.83 bits per heavy atom. The normalized spacial score (nSPS) is 11.1. The molecule has 0 saturated carbocycles. The van der Waals surface area contributed by atoms with Gasteiger partial charge in [0.05, 0.1) is 21.9 Å². The van der Waals surface area contributed by atoms with Crippen LogP contribution in [0.25, 0.3) is 0 Å². The molecule has 1 heterocycles. The summed E-state index contributed by atoms with van der Waals surface area (Å²) in [6, 6.07) is 7.26. The number of hydrogen-bond acceptors (Lipinski definition) is 3. The quantitative estimate of drug-likeness (QED) is 0.589. The number of hydrazone groups is 1. The summed E-state index contributed by atoms with van der Waals surface area (Å²) < 4.78 is 0. The van der Waals surface area contributed by atoms with Crippen LogP contribution in [0.3, 0.4) is 0 Å². The molecule has 0 amide bonds. The predicted octanol–water partition coefficient (Wildman–Crippen LogP) is 5.46. The summed E-state index contributed by atoms with van der Waals surface area (Å²) in [5.74, 6) is 0. The van der Waals surface area contributed by atoms with E-state index in [0.717, 1.165) is 4.88 Å². The highest BCUT2D eigenvalue weighted by Gasteiger charge is 2.06. The lowest BCUT2D eigenvalue weighted by Crippen LogP contribution is -1.91. The molecule has 0 saturated heterocycles. The maximum Gasteiger partial charge on any atom is 0.0935 e. The molecule has 18 heavy (non-hydrogen) atoms. The van der Waals surface area contributed by atoms with Gasteiger partial charge in [0.2, 0.25) is 0 Å². The molecule has 94 valence electrons. The molecule has 1 aromatic heterocycles. The van der Waals surface area contributed by atoms with Crippen LogP contribution in [0.2, 0.25) is 15.1 Å². The minimum atomic E-state index is 0.437. The number of nitrogens with zero attached hydrogens (tertiary/aromatic N) is 1. The summed E-state index contributed by atoms with van der Waals surface area (Å²) in [6.45, 7) is 2.04. The van der Waals surface area contributed by atoms with E-state index in [2.05, 4.69) is 10.5 Å². The third kappa shape index (κ3) is 3.39. The molecule has 0 unspecified atom stereocenters. The second-order valence-corrected chi connectivity index (χ2v) is 6.13. The number of aryl methyl sites for hydroxylation is 1. The molecule has 1 aromatic carbocycles. The number of benzene rings is 1. The Bertz CT molecular complexity index is 570. The second kappa shape index (κ2) is 5.93. The maximum absolute atomic E-state index is 6.02. The molecule has 0 spiro atoms. The fourth-order valence-corrected chi connectivity index (χ4v) is 2.98. The average molecular weight is 320 g/mol. The Labute approximate surface area is 124 Å². The largest absolute Gasteiger partial charge is 0.275 e. The summed E-state index contributed by atoms with van der Waals surface area (Å²) in [5, 5.41) is 5.47. The molecule has 2 nitrogen and oxygen atoms in total. The third-order valence-electron chi connectivity index (χ3n) is 2.14. The van der Waals surface area contributed by atoms with Gasteiger partial charge in [-0.05, 0) is 31.2 Å². The zero-order chi connectivity index (χ0) is 13.1. The molecule has 6 heteroatoms. The van der Waals surface area contributed by atoms with Crippen molar-refractivity contribution in [2.24, 2.45) is 5.10 Å². The van der Waals surface area contributed by atoms with E-state index < -0.39 is 0 Å². The van der Waals surface area contributed by atoms with Gasteiger partial charge in [-0.1, -0.05) is 34.8 Å². The van der Waals surface area contributed by atoms with E-state index in [4.69, 9.17) is 34.8 Å². The van der Waals surface area contributed by atoms with Crippen molar-refractivity contribution in [1.29, 1.82) is 0 Å². The average Bonchev–Trinajstić information content (AvgIpc) is 2.68. The van der Waals surface area contributed by atoms with E-state index >= 15 is 0 Å². The highest BCUT2D eigenvalue weighted by Crippen LogP contribution is 2.33. The zero-order valence-electron chi connectivity index (χ0n) is 9.38.